The standard InChI is InChI=1S/C30H26F5N5O2/c1-15-4-7-24-26(15)28(29(34)35)39-40(24)14-25(41)38-23(11-16-9-18(31)13-19(32)10-16)27-20(3-2-8-37-27)17-5-6-22(33)21(12-17)30(36)42/h2-3,5-6,8-10,12-13,15,23,29H,4,7,11,14H2,1H3,(H2,36,42)(H,38,41)/t15?,23-/m0/s1. The van der Waals surface area contributed by atoms with E-state index in [1.54, 1.807) is 12.1 Å². The molecule has 4 aromatic rings. The van der Waals surface area contributed by atoms with Gasteiger partial charge in [-0.3, -0.25) is 19.3 Å². The molecule has 1 aliphatic carbocycles. The number of rotatable bonds is 9. The Bertz CT molecular complexity index is 1650. The van der Waals surface area contributed by atoms with Crippen LogP contribution in [-0.2, 0) is 24.2 Å². The van der Waals surface area contributed by atoms with Gasteiger partial charge < -0.3 is 11.1 Å². The summed E-state index contributed by atoms with van der Waals surface area (Å²) < 4.78 is 71.0. The number of primary amides is 1. The number of carbonyl (C=O) groups is 2. The number of alkyl halides is 2. The molecule has 0 saturated heterocycles. The Labute approximate surface area is 237 Å². The molecule has 0 bridgehead atoms. The molecule has 2 atom stereocenters. The minimum atomic E-state index is -2.80. The average molecular weight is 584 g/mol. The summed E-state index contributed by atoms with van der Waals surface area (Å²) in [6, 6.07) is 8.91. The van der Waals surface area contributed by atoms with Gasteiger partial charge in [-0.05, 0) is 66.6 Å². The largest absolute Gasteiger partial charge is 0.366 e. The van der Waals surface area contributed by atoms with Crippen molar-refractivity contribution in [3.05, 3.63) is 106 Å². The first-order valence-electron chi connectivity index (χ1n) is 13.2. The third kappa shape index (κ3) is 5.88. The van der Waals surface area contributed by atoms with Gasteiger partial charge in [0.2, 0.25) is 5.91 Å². The molecule has 218 valence electrons. The molecule has 2 amide bonds. The molecule has 0 fully saturated rings. The maximum atomic E-state index is 14.2. The van der Waals surface area contributed by atoms with E-state index in [0.717, 1.165) is 18.2 Å². The lowest BCUT2D eigenvalue weighted by Gasteiger charge is -2.22. The molecule has 1 aliphatic rings. The number of nitrogens with one attached hydrogen (secondary N) is 1. The second-order valence-corrected chi connectivity index (χ2v) is 10.2. The van der Waals surface area contributed by atoms with Crippen molar-refractivity contribution in [3.8, 4) is 11.1 Å². The van der Waals surface area contributed by atoms with Gasteiger partial charge in [-0.2, -0.15) is 5.10 Å². The number of nitrogens with two attached hydrogens (primary N) is 1. The highest BCUT2D eigenvalue weighted by atomic mass is 19.3. The molecule has 2 aromatic heterocycles. The Morgan fingerprint density at radius 3 is 2.50 bits per heavy atom. The molecule has 7 nitrogen and oxygen atoms in total. The fourth-order valence-corrected chi connectivity index (χ4v) is 5.50. The predicted octanol–water partition coefficient (Wildman–Crippen LogP) is 5.55. The van der Waals surface area contributed by atoms with Crippen LogP contribution < -0.4 is 11.1 Å². The maximum Gasteiger partial charge on any atom is 0.282 e. The number of fused-ring (bicyclic) bond motifs is 1. The van der Waals surface area contributed by atoms with Crippen molar-refractivity contribution in [2.75, 3.05) is 0 Å². The van der Waals surface area contributed by atoms with Crippen LogP contribution in [0.2, 0.25) is 0 Å². The fraction of sp³-hybridized carbons (Fsp3) is 0.267. The number of nitrogens with zero attached hydrogens (tertiary/aromatic N) is 3. The van der Waals surface area contributed by atoms with Crippen LogP contribution in [0.15, 0.2) is 54.7 Å². The van der Waals surface area contributed by atoms with Gasteiger partial charge in [0.15, 0.2) is 0 Å². The van der Waals surface area contributed by atoms with E-state index < -0.39 is 41.7 Å². The predicted molar refractivity (Wildman–Crippen MR) is 143 cm³/mol. The van der Waals surface area contributed by atoms with E-state index in [0.29, 0.717) is 41.3 Å². The minimum absolute atomic E-state index is 0.106. The third-order valence-electron chi connectivity index (χ3n) is 7.34. The quantitative estimate of drug-likeness (QED) is 0.252. The summed E-state index contributed by atoms with van der Waals surface area (Å²) in [7, 11) is 0. The molecule has 3 N–H and O–H groups in total. The second-order valence-electron chi connectivity index (χ2n) is 10.2. The van der Waals surface area contributed by atoms with Crippen LogP contribution in [0.4, 0.5) is 22.0 Å². The molecule has 2 aromatic carbocycles. The molecule has 1 unspecified atom stereocenters. The normalized spacial score (nSPS) is 15.1. The number of hydrogen-bond acceptors (Lipinski definition) is 4. The summed E-state index contributed by atoms with van der Waals surface area (Å²) in [6.45, 7) is 1.46. The van der Waals surface area contributed by atoms with E-state index in [4.69, 9.17) is 5.73 Å². The smallest absolute Gasteiger partial charge is 0.282 e. The third-order valence-corrected chi connectivity index (χ3v) is 7.34. The first-order valence-corrected chi connectivity index (χ1v) is 13.2. The van der Waals surface area contributed by atoms with Gasteiger partial charge in [0, 0.05) is 29.1 Å². The lowest BCUT2D eigenvalue weighted by atomic mass is 9.94. The molecule has 2 heterocycles. The molecule has 0 spiro atoms. The summed E-state index contributed by atoms with van der Waals surface area (Å²) in [4.78, 5) is 29.6. The van der Waals surface area contributed by atoms with Crippen molar-refractivity contribution in [1.82, 2.24) is 20.1 Å². The summed E-state index contributed by atoms with van der Waals surface area (Å²) in [5, 5.41) is 6.83. The van der Waals surface area contributed by atoms with Crippen LogP contribution in [0.1, 0.15) is 70.3 Å². The van der Waals surface area contributed by atoms with Gasteiger partial charge >= 0.3 is 0 Å². The van der Waals surface area contributed by atoms with Crippen LogP contribution >= 0.6 is 0 Å². The lowest BCUT2D eigenvalue weighted by Crippen LogP contribution is -2.34. The highest BCUT2D eigenvalue weighted by Gasteiger charge is 2.32. The SMILES string of the molecule is CC1CCc2c1c(C(F)F)nn2CC(=O)N[C@@H](Cc1cc(F)cc(F)c1)c1ncccc1-c1ccc(F)c(C(N)=O)c1. The van der Waals surface area contributed by atoms with Gasteiger partial charge in [0.05, 0.1) is 17.3 Å². The molecule has 42 heavy (non-hydrogen) atoms. The molecule has 0 radical (unpaired) electrons. The summed E-state index contributed by atoms with van der Waals surface area (Å²) in [6.07, 6.45) is -0.308. The summed E-state index contributed by atoms with van der Waals surface area (Å²) >= 11 is 0. The number of carbonyl (C=O) groups excluding carboxylic acids is 2. The number of pyridine rings is 1. The minimum Gasteiger partial charge on any atom is -0.366 e. The van der Waals surface area contributed by atoms with E-state index in [-0.39, 0.29) is 41.4 Å². The van der Waals surface area contributed by atoms with E-state index >= 15 is 0 Å². The Kier molecular flexibility index (Phi) is 8.06. The Morgan fingerprint density at radius 1 is 1.07 bits per heavy atom. The van der Waals surface area contributed by atoms with Crippen molar-refractivity contribution in [2.45, 2.75) is 51.1 Å². The van der Waals surface area contributed by atoms with E-state index in [1.165, 1.54) is 23.0 Å². The van der Waals surface area contributed by atoms with Gasteiger partial charge in [-0.1, -0.05) is 19.1 Å². The Hall–Kier alpha value is -4.61. The van der Waals surface area contributed by atoms with Crippen molar-refractivity contribution >= 4 is 11.8 Å². The van der Waals surface area contributed by atoms with Crippen LogP contribution in [0, 0.1) is 17.5 Å². The van der Waals surface area contributed by atoms with Crippen LogP contribution in [-0.4, -0.2) is 26.6 Å². The molecule has 0 saturated carbocycles. The number of benzene rings is 2. The van der Waals surface area contributed by atoms with Gasteiger partial charge in [0.25, 0.3) is 12.3 Å². The topological polar surface area (TPSA) is 103 Å². The van der Waals surface area contributed by atoms with Gasteiger partial charge in [0.1, 0.15) is 29.7 Å². The lowest BCUT2D eigenvalue weighted by molar-refractivity contribution is -0.122. The highest BCUT2D eigenvalue weighted by molar-refractivity contribution is 5.94. The Morgan fingerprint density at radius 2 is 1.81 bits per heavy atom. The number of hydrogen-bond donors (Lipinski definition) is 2. The zero-order chi connectivity index (χ0) is 30.1. The summed E-state index contributed by atoms with van der Waals surface area (Å²) in [5.41, 5.74) is 6.87. The summed E-state index contributed by atoms with van der Waals surface area (Å²) in [5.74, 6) is -4.15. The number of halogens is 5. The monoisotopic (exact) mass is 583 g/mol. The molecule has 5 rings (SSSR count). The second kappa shape index (κ2) is 11.7. The van der Waals surface area contributed by atoms with Crippen LogP contribution in [0.5, 0.6) is 0 Å². The van der Waals surface area contributed by atoms with Crippen molar-refractivity contribution in [3.63, 3.8) is 0 Å². The first-order chi connectivity index (χ1) is 20.0. The molecule has 0 aliphatic heterocycles. The van der Waals surface area contributed by atoms with Gasteiger partial charge in [-0.25, -0.2) is 22.0 Å². The Balaban J connectivity index is 1.52. The number of aromatic nitrogens is 3. The maximum absolute atomic E-state index is 14.2. The van der Waals surface area contributed by atoms with Crippen molar-refractivity contribution in [1.29, 1.82) is 0 Å². The zero-order valence-corrected chi connectivity index (χ0v) is 22.4. The van der Waals surface area contributed by atoms with Crippen LogP contribution in [0.25, 0.3) is 11.1 Å². The van der Waals surface area contributed by atoms with Crippen molar-refractivity contribution in [2.24, 2.45) is 5.73 Å². The molecular formula is C30H26F5N5O2. The van der Waals surface area contributed by atoms with Crippen LogP contribution in [0.3, 0.4) is 0 Å². The van der Waals surface area contributed by atoms with E-state index in [1.807, 2.05) is 6.92 Å². The highest BCUT2D eigenvalue weighted by Crippen LogP contribution is 2.39. The number of amides is 2. The van der Waals surface area contributed by atoms with Crippen molar-refractivity contribution < 1.29 is 31.5 Å². The average Bonchev–Trinajstić information content (AvgIpc) is 3.48. The first kappa shape index (κ1) is 28.9. The zero-order valence-electron chi connectivity index (χ0n) is 22.4. The molecular weight excluding hydrogens is 557 g/mol. The fourth-order valence-electron chi connectivity index (χ4n) is 5.50. The molecule has 12 heteroatoms. The van der Waals surface area contributed by atoms with Gasteiger partial charge in [-0.15, -0.1) is 0 Å². The van der Waals surface area contributed by atoms with E-state index in [9.17, 15) is 31.5 Å². The van der Waals surface area contributed by atoms with E-state index in [2.05, 4.69) is 15.4 Å².